The van der Waals surface area contributed by atoms with E-state index in [0.29, 0.717) is 0 Å². The normalized spacial score (nSPS) is 14.3. The quantitative estimate of drug-likeness (QED) is 0.175. The predicted octanol–water partition coefficient (Wildman–Crippen LogP) is 12.1. The van der Waals surface area contributed by atoms with Crippen LogP contribution in [0.25, 0.3) is 44.5 Å². The van der Waals surface area contributed by atoms with Crippen LogP contribution in [0.15, 0.2) is 152 Å². The monoisotopic (exact) mass is 689 g/mol. The summed E-state index contributed by atoms with van der Waals surface area (Å²) in [6.07, 6.45) is 0. The van der Waals surface area contributed by atoms with Crippen LogP contribution < -0.4 is 4.90 Å². The van der Waals surface area contributed by atoms with Gasteiger partial charge in [-0.15, -0.1) is 0 Å². The highest BCUT2D eigenvalue weighted by Crippen LogP contribution is 2.52. The van der Waals surface area contributed by atoms with Gasteiger partial charge in [-0.25, -0.2) is 0 Å². The van der Waals surface area contributed by atoms with Crippen LogP contribution in [0.5, 0.6) is 0 Å². The summed E-state index contributed by atoms with van der Waals surface area (Å²) in [7, 11) is 0. The lowest BCUT2D eigenvalue weighted by atomic mass is 9.81. The topological polar surface area (TPSA) is 43.7 Å². The molecule has 3 nitrogen and oxygen atoms in total. The van der Waals surface area contributed by atoms with Gasteiger partial charge in [0.1, 0.15) is 0 Å². The maximum atomic E-state index is 9.87. The molecule has 9 rings (SSSR count). The summed E-state index contributed by atoms with van der Waals surface area (Å²) in [4.78, 5) is 2.27. The summed E-state index contributed by atoms with van der Waals surface area (Å²) >= 11 is 0. The van der Waals surface area contributed by atoms with Crippen LogP contribution in [0.4, 0.5) is 17.1 Å². The second kappa shape index (κ2) is 12.4. The molecule has 0 spiro atoms. The number of aliphatic hydroxyl groups excluding tert-OH is 2. The number of hydrogen-bond acceptors (Lipinski definition) is 3. The van der Waals surface area contributed by atoms with Gasteiger partial charge in [0.15, 0.2) is 0 Å². The van der Waals surface area contributed by atoms with E-state index in [-0.39, 0.29) is 24.0 Å². The Morgan fingerprint density at radius 2 is 0.774 bits per heavy atom. The second-order valence-corrected chi connectivity index (χ2v) is 15.6. The van der Waals surface area contributed by atoms with Crippen LogP contribution in [0, 0.1) is 0 Å². The van der Waals surface area contributed by atoms with Gasteiger partial charge in [0.2, 0.25) is 0 Å². The van der Waals surface area contributed by atoms with Crippen molar-refractivity contribution in [2.45, 2.75) is 51.7 Å². The molecular formula is C50H43NO2. The third-order valence-electron chi connectivity index (χ3n) is 11.8. The Hall–Kier alpha value is -5.74. The Balaban J connectivity index is 1.26. The first-order valence-electron chi connectivity index (χ1n) is 18.5. The van der Waals surface area contributed by atoms with E-state index >= 15 is 0 Å². The lowest BCUT2D eigenvalue weighted by Gasteiger charge is -2.28. The van der Waals surface area contributed by atoms with Crippen molar-refractivity contribution in [2.24, 2.45) is 0 Å². The van der Waals surface area contributed by atoms with Gasteiger partial charge < -0.3 is 15.1 Å². The minimum atomic E-state index is -0.113. The molecule has 0 aromatic heterocycles. The van der Waals surface area contributed by atoms with E-state index in [1.54, 1.807) is 0 Å². The molecule has 0 fully saturated rings. The maximum Gasteiger partial charge on any atom is 0.0681 e. The number of aliphatic hydroxyl groups is 2. The Morgan fingerprint density at radius 3 is 1.19 bits per heavy atom. The fourth-order valence-corrected chi connectivity index (χ4v) is 8.79. The molecule has 0 atom stereocenters. The highest BCUT2D eigenvalue weighted by atomic mass is 16.3. The van der Waals surface area contributed by atoms with Gasteiger partial charge in [0, 0.05) is 27.9 Å². The smallest absolute Gasteiger partial charge is 0.0681 e. The van der Waals surface area contributed by atoms with Crippen molar-refractivity contribution in [3.05, 3.63) is 185 Å². The molecular weight excluding hydrogens is 647 g/mol. The zero-order valence-electron chi connectivity index (χ0n) is 30.7. The minimum absolute atomic E-state index is 0.0117. The number of rotatable bonds is 7. The van der Waals surface area contributed by atoms with Crippen LogP contribution in [0.3, 0.4) is 0 Å². The highest BCUT2D eigenvalue weighted by Gasteiger charge is 2.36. The third kappa shape index (κ3) is 5.34. The summed E-state index contributed by atoms with van der Waals surface area (Å²) in [5.41, 5.74) is 19.8. The number of hydrogen-bond donors (Lipinski definition) is 2. The van der Waals surface area contributed by atoms with Crippen LogP contribution in [0.2, 0.25) is 0 Å². The van der Waals surface area contributed by atoms with Crippen molar-refractivity contribution < 1.29 is 10.2 Å². The average Bonchev–Trinajstić information content (AvgIpc) is 3.57. The summed E-state index contributed by atoms with van der Waals surface area (Å²) in [5, 5.41) is 19.7. The van der Waals surface area contributed by atoms with Crippen LogP contribution in [-0.2, 0) is 24.0 Å². The lowest BCUT2D eigenvalue weighted by molar-refractivity contribution is 0.281. The molecule has 260 valence electrons. The van der Waals surface area contributed by atoms with Gasteiger partial charge in [-0.1, -0.05) is 125 Å². The maximum absolute atomic E-state index is 9.87. The second-order valence-electron chi connectivity index (χ2n) is 15.6. The van der Waals surface area contributed by atoms with Gasteiger partial charge in [0.05, 0.1) is 13.2 Å². The number of benzene rings is 7. The van der Waals surface area contributed by atoms with Crippen molar-refractivity contribution in [3.8, 4) is 44.5 Å². The molecule has 2 aliphatic rings. The van der Waals surface area contributed by atoms with Crippen LogP contribution in [0.1, 0.15) is 61.1 Å². The standard InChI is InChI=1S/C50H43NO2/c1-49(2)45-11-7-5-9-41(45)43-23-17-34(28-47(43)49)36-25-37(35-18-24-44-42-10-6-8-12-46(42)50(3,4)48(44)29-35)27-40(26-36)51(38-19-13-32(30-52)14-20-38)39-21-15-33(31-53)16-22-39/h5-29,52-53H,30-31H2,1-4H3. The summed E-state index contributed by atoms with van der Waals surface area (Å²) < 4.78 is 0. The molecule has 0 radical (unpaired) electrons. The van der Waals surface area contributed by atoms with E-state index < -0.39 is 0 Å². The predicted molar refractivity (Wildman–Crippen MR) is 219 cm³/mol. The first kappa shape index (κ1) is 33.1. The van der Waals surface area contributed by atoms with Crippen molar-refractivity contribution >= 4 is 17.1 Å². The molecule has 2 N–H and O–H groups in total. The average molecular weight is 690 g/mol. The SMILES string of the molecule is CC1(C)c2ccccc2-c2ccc(-c3cc(-c4ccc5c(c4)C(C)(C)c4ccccc4-5)cc(N(c4ccc(CO)cc4)c4ccc(CO)cc4)c3)cc21. The molecule has 0 heterocycles. The summed E-state index contributed by atoms with van der Waals surface area (Å²) in [5.74, 6) is 0. The highest BCUT2D eigenvalue weighted by molar-refractivity contribution is 5.89. The van der Waals surface area contributed by atoms with Crippen LogP contribution in [-0.4, -0.2) is 10.2 Å². The number of nitrogens with zero attached hydrogens (tertiary/aromatic N) is 1. The van der Waals surface area contributed by atoms with E-state index in [2.05, 4.69) is 160 Å². The number of anilines is 3. The fourth-order valence-electron chi connectivity index (χ4n) is 8.79. The molecule has 0 amide bonds. The van der Waals surface area contributed by atoms with Gasteiger partial charge in [-0.3, -0.25) is 0 Å². The Morgan fingerprint density at radius 1 is 0.377 bits per heavy atom. The fraction of sp³-hybridized carbons (Fsp3) is 0.160. The van der Waals surface area contributed by atoms with Crippen molar-refractivity contribution in [3.63, 3.8) is 0 Å². The molecule has 0 unspecified atom stereocenters. The largest absolute Gasteiger partial charge is 0.392 e. The molecule has 7 aromatic rings. The Bertz CT molecular complexity index is 2350. The van der Waals surface area contributed by atoms with Crippen molar-refractivity contribution in [1.82, 2.24) is 0 Å². The molecule has 53 heavy (non-hydrogen) atoms. The molecule has 0 bridgehead atoms. The lowest BCUT2D eigenvalue weighted by Crippen LogP contribution is -2.15. The van der Waals surface area contributed by atoms with Gasteiger partial charge in [0.25, 0.3) is 0 Å². The van der Waals surface area contributed by atoms with E-state index in [1.807, 2.05) is 24.3 Å². The first-order chi connectivity index (χ1) is 25.7. The van der Waals surface area contributed by atoms with Crippen LogP contribution >= 0.6 is 0 Å². The van der Waals surface area contributed by atoms with Gasteiger partial charge >= 0.3 is 0 Å². The van der Waals surface area contributed by atoms with Gasteiger partial charge in [-0.05, 0) is 132 Å². The van der Waals surface area contributed by atoms with Crippen molar-refractivity contribution in [1.29, 1.82) is 0 Å². The molecule has 3 heteroatoms. The van der Waals surface area contributed by atoms with E-state index in [1.165, 1.54) is 55.6 Å². The first-order valence-corrected chi connectivity index (χ1v) is 18.5. The van der Waals surface area contributed by atoms with Gasteiger partial charge in [-0.2, -0.15) is 0 Å². The molecule has 0 saturated heterocycles. The zero-order chi connectivity index (χ0) is 36.5. The minimum Gasteiger partial charge on any atom is -0.392 e. The summed E-state index contributed by atoms with van der Waals surface area (Å²) in [6.45, 7) is 9.32. The molecule has 0 aliphatic heterocycles. The van der Waals surface area contributed by atoms with Crippen molar-refractivity contribution in [2.75, 3.05) is 4.90 Å². The molecule has 2 aliphatic carbocycles. The zero-order valence-corrected chi connectivity index (χ0v) is 30.7. The van der Waals surface area contributed by atoms with E-state index in [4.69, 9.17) is 0 Å². The third-order valence-corrected chi connectivity index (χ3v) is 11.8. The Labute approximate surface area is 312 Å². The Kier molecular flexibility index (Phi) is 7.78. The number of fused-ring (bicyclic) bond motifs is 6. The van der Waals surface area contributed by atoms with E-state index in [0.717, 1.165) is 39.3 Å². The molecule has 0 saturated carbocycles. The van der Waals surface area contributed by atoms with E-state index in [9.17, 15) is 10.2 Å². The summed E-state index contributed by atoms with van der Waals surface area (Å²) in [6, 6.07) is 54.7. The molecule has 7 aromatic carbocycles.